The standard InChI is InChI=1S/C25H27N5O2S/c1-15(2)30-22(12-13-26-30)28-23(31)18(5)33-25-27-20-9-7-6-8-19(20)24(32)29(25)21-14-16(3)10-11-17(21)4/h6-15,18H,1-5H3,(H,28,31). The summed E-state index contributed by atoms with van der Waals surface area (Å²) in [6, 6.07) is 15.2. The fourth-order valence-corrected chi connectivity index (χ4v) is 4.55. The zero-order valence-electron chi connectivity index (χ0n) is 19.4. The highest BCUT2D eigenvalue weighted by Gasteiger charge is 2.22. The summed E-state index contributed by atoms with van der Waals surface area (Å²) in [7, 11) is 0. The molecular formula is C25H27N5O2S. The van der Waals surface area contributed by atoms with Crippen LogP contribution in [0.4, 0.5) is 5.82 Å². The van der Waals surface area contributed by atoms with Gasteiger partial charge in [-0.1, -0.05) is 36.0 Å². The minimum atomic E-state index is -0.495. The second kappa shape index (κ2) is 9.23. The molecule has 0 bridgehead atoms. The highest BCUT2D eigenvalue weighted by molar-refractivity contribution is 8.00. The van der Waals surface area contributed by atoms with E-state index in [1.165, 1.54) is 11.8 Å². The monoisotopic (exact) mass is 461 g/mol. The molecule has 0 spiro atoms. The Morgan fingerprint density at radius 3 is 2.58 bits per heavy atom. The van der Waals surface area contributed by atoms with E-state index in [0.717, 1.165) is 16.8 Å². The van der Waals surface area contributed by atoms with Gasteiger partial charge in [-0.05, 0) is 63.9 Å². The van der Waals surface area contributed by atoms with Crippen LogP contribution < -0.4 is 10.9 Å². The Hall–Kier alpha value is -3.39. The molecule has 2 aromatic heterocycles. The average Bonchev–Trinajstić information content (AvgIpc) is 3.24. The lowest BCUT2D eigenvalue weighted by molar-refractivity contribution is -0.115. The first-order valence-electron chi connectivity index (χ1n) is 10.9. The number of para-hydroxylation sites is 1. The fourth-order valence-electron chi connectivity index (χ4n) is 3.63. The van der Waals surface area contributed by atoms with Crippen LogP contribution in [0.5, 0.6) is 0 Å². The second-order valence-corrected chi connectivity index (χ2v) is 9.65. The lowest BCUT2D eigenvalue weighted by atomic mass is 10.1. The van der Waals surface area contributed by atoms with E-state index in [-0.39, 0.29) is 17.5 Å². The molecule has 0 aliphatic carbocycles. The number of thioether (sulfide) groups is 1. The van der Waals surface area contributed by atoms with Crippen LogP contribution in [-0.2, 0) is 4.79 Å². The van der Waals surface area contributed by atoms with Gasteiger partial charge in [-0.2, -0.15) is 5.10 Å². The number of carbonyl (C=O) groups excluding carboxylic acids is 1. The Balaban J connectivity index is 1.75. The van der Waals surface area contributed by atoms with Crippen molar-refractivity contribution in [3.63, 3.8) is 0 Å². The van der Waals surface area contributed by atoms with E-state index < -0.39 is 5.25 Å². The van der Waals surface area contributed by atoms with Gasteiger partial charge in [0.25, 0.3) is 5.56 Å². The van der Waals surface area contributed by atoms with Gasteiger partial charge in [0.2, 0.25) is 5.91 Å². The Bertz CT molecular complexity index is 1390. The normalized spacial score (nSPS) is 12.3. The molecule has 8 heteroatoms. The van der Waals surface area contributed by atoms with Gasteiger partial charge in [0.05, 0.1) is 28.0 Å². The summed E-state index contributed by atoms with van der Waals surface area (Å²) in [5, 5.41) is 7.74. The first kappa shape index (κ1) is 22.8. The van der Waals surface area contributed by atoms with E-state index in [0.29, 0.717) is 21.9 Å². The third kappa shape index (κ3) is 4.57. The van der Waals surface area contributed by atoms with Crippen LogP contribution in [0.15, 0.2) is 64.7 Å². The molecule has 4 aromatic rings. The summed E-state index contributed by atoms with van der Waals surface area (Å²) in [5.41, 5.74) is 3.23. The number of nitrogens with zero attached hydrogens (tertiary/aromatic N) is 4. The minimum absolute atomic E-state index is 0.120. The summed E-state index contributed by atoms with van der Waals surface area (Å²) in [4.78, 5) is 31.3. The molecule has 1 unspecified atom stereocenters. The van der Waals surface area contributed by atoms with Crippen LogP contribution in [0.25, 0.3) is 16.6 Å². The molecule has 7 nitrogen and oxygen atoms in total. The van der Waals surface area contributed by atoms with Gasteiger partial charge in [0.1, 0.15) is 5.82 Å². The van der Waals surface area contributed by atoms with Crippen molar-refractivity contribution in [2.45, 2.75) is 51.1 Å². The molecule has 0 fully saturated rings. The SMILES string of the molecule is Cc1ccc(C)c(-n2c(SC(C)C(=O)Nc3ccnn3C(C)C)nc3ccccc3c2=O)c1. The smallest absolute Gasteiger partial charge is 0.266 e. The highest BCUT2D eigenvalue weighted by atomic mass is 32.2. The number of carbonyl (C=O) groups is 1. The van der Waals surface area contributed by atoms with Crippen molar-refractivity contribution in [3.8, 4) is 5.69 Å². The van der Waals surface area contributed by atoms with E-state index in [2.05, 4.69) is 10.4 Å². The number of aryl methyl sites for hydroxylation is 2. The molecule has 33 heavy (non-hydrogen) atoms. The van der Waals surface area contributed by atoms with Gasteiger partial charge in [0.15, 0.2) is 5.16 Å². The van der Waals surface area contributed by atoms with Gasteiger partial charge >= 0.3 is 0 Å². The number of hydrogen-bond donors (Lipinski definition) is 1. The molecule has 0 radical (unpaired) electrons. The largest absolute Gasteiger partial charge is 0.310 e. The van der Waals surface area contributed by atoms with Crippen LogP contribution in [0.3, 0.4) is 0 Å². The molecule has 170 valence electrons. The number of nitrogens with one attached hydrogen (secondary N) is 1. The highest BCUT2D eigenvalue weighted by Crippen LogP contribution is 2.27. The van der Waals surface area contributed by atoms with E-state index in [1.807, 2.05) is 71.0 Å². The van der Waals surface area contributed by atoms with Crippen molar-refractivity contribution in [2.75, 3.05) is 5.32 Å². The maximum Gasteiger partial charge on any atom is 0.266 e. The van der Waals surface area contributed by atoms with Crippen molar-refractivity contribution in [2.24, 2.45) is 0 Å². The Labute approximate surface area is 196 Å². The van der Waals surface area contributed by atoms with Crippen LogP contribution >= 0.6 is 11.8 Å². The fraction of sp³-hybridized carbons (Fsp3) is 0.280. The molecule has 1 amide bonds. The second-order valence-electron chi connectivity index (χ2n) is 8.35. The minimum Gasteiger partial charge on any atom is -0.310 e. The van der Waals surface area contributed by atoms with Gasteiger partial charge in [-0.25, -0.2) is 9.67 Å². The number of hydrogen-bond acceptors (Lipinski definition) is 5. The molecule has 0 saturated carbocycles. The number of amides is 1. The lowest BCUT2D eigenvalue weighted by Gasteiger charge is -2.18. The molecule has 1 atom stereocenters. The lowest BCUT2D eigenvalue weighted by Crippen LogP contribution is -2.27. The molecule has 0 aliphatic rings. The number of aromatic nitrogens is 4. The Kier molecular flexibility index (Phi) is 6.37. The Morgan fingerprint density at radius 1 is 1.06 bits per heavy atom. The third-order valence-electron chi connectivity index (χ3n) is 5.41. The van der Waals surface area contributed by atoms with Gasteiger partial charge in [0, 0.05) is 12.1 Å². The van der Waals surface area contributed by atoms with Crippen LogP contribution in [0.1, 0.15) is 37.9 Å². The van der Waals surface area contributed by atoms with Crippen LogP contribution in [-0.4, -0.2) is 30.5 Å². The summed E-state index contributed by atoms with van der Waals surface area (Å²) in [5.74, 6) is 0.457. The number of rotatable bonds is 6. The van der Waals surface area contributed by atoms with E-state index in [9.17, 15) is 9.59 Å². The molecular weight excluding hydrogens is 434 g/mol. The average molecular weight is 462 g/mol. The summed E-state index contributed by atoms with van der Waals surface area (Å²) < 4.78 is 3.38. The van der Waals surface area contributed by atoms with Crippen LogP contribution in [0, 0.1) is 13.8 Å². The molecule has 2 heterocycles. The van der Waals surface area contributed by atoms with Crippen molar-refractivity contribution < 1.29 is 4.79 Å². The first-order chi connectivity index (χ1) is 15.8. The number of benzene rings is 2. The first-order valence-corrected chi connectivity index (χ1v) is 11.7. The molecule has 0 saturated heterocycles. The predicted octanol–water partition coefficient (Wildman–Crippen LogP) is 4.90. The zero-order valence-corrected chi connectivity index (χ0v) is 20.2. The Morgan fingerprint density at radius 2 is 1.82 bits per heavy atom. The van der Waals surface area contributed by atoms with E-state index in [1.54, 1.807) is 27.6 Å². The van der Waals surface area contributed by atoms with E-state index >= 15 is 0 Å². The van der Waals surface area contributed by atoms with Gasteiger partial charge in [-0.15, -0.1) is 0 Å². The van der Waals surface area contributed by atoms with E-state index in [4.69, 9.17) is 4.98 Å². The summed E-state index contributed by atoms with van der Waals surface area (Å²) in [6.07, 6.45) is 1.66. The van der Waals surface area contributed by atoms with Gasteiger partial charge < -0.3 is 5.32 Å². The summed E-state index contributed by atoms with van der Waals surface area (Å²) in [6.45, 7) is 9.77. The molecule has 1 N–H and O–H groups in total. The number of fused-ring (bicyclic) bond motifs is 1. The van der Waals surface area contributed by atoms with Crippen molar-refractivity contribution in [1.82, 2.24) is 19.3 Å². The molecule has 4 rings (SSSR count). The topological polar surface area (TPSA) is 81.8 Å². The summed E-state index contributed by atoms with van der Waals surface area (Å²) >= 11 is 1.26. The van der Waals surface area contributed by atoms with Crippen molar-refractivity contribution in [1.29, 1.82) is 0 Å². The van der Waals surface area contributed by atoms with Crippen LogP contribution in [0.2, 0.25) is 0 Å². The predicted molar refractivity (Wildman–Crippen MR) is 133 cm³/mol. The maximum absolute atomic E-state index is 13.5. The number of anilines is 1. The third-order valence-corrected chi connectivity index (χ3v) is 6.46. The van der Waals surface area contributed by atoms with Gasteiger partial charge in [-0.3, -0.25) is 14.2 Å². The maximum atomic E-state index is 13.5. The van der Waals surface area contributed by atoms with Crippen molar-refractivity contribution >= 4 is 34.4 Å². The quantitative estimate of drug-likeness (QED) is 0.326. The molecule has 2 aromatic carbocycles. The molecule has 0 aliphatic heterocycles. The van der Waals surface area contributed by atoms with Crippen molar-refractivity contribution in [3.05, 3.63) is 76.2 Å². The zero-order chi connectivity index (χ0) is 23.7.